The second kappa shape index (κ2) is 7.88. The molecule has 5 rings (SSSR count). The van der Waals surface area contributed by atoms with Crippen LogP contribution in [0.25, 0.3) is 28.3 Å². The number of ether oxygens (including phenoxy) is 1. The quantitative estimate of drug-likeness (QED) is 0.427. The Hall–Kier alpha value is -4.25. The minimum atomic E-state index is -0.524. The van der Waals surface area contributed by atoms with Crippen LogP contribution in [0.3, 0.4) is 0 Å². The molecule has 0 atom stereocenters. The number of anilines is 2. The number of fused-ring (bicyclic) bond motifs is 1. The molecule has 11 heteroatoms. The smallest absolute Gasteiger partial charge is 0.411 e. The zero-order valence-corrected chi connectivity index (χ0v) is 16.7. The first-order chi connectivity index (χ1) is 15.2. The summed E-state index contributed by atoms with van der Waals surface area (Å²) < 4.78 is 12.2. The van der Waals surface area contributed by atoms with E-state index in [4.69, 9.17) is 14.9 Å². The van der Waals surface area contributed by atoms with Crippen molar-refractivity contribution in [1.82, 2.24) is 25.0 Å². The number of nitrogens with zero attached hydrogens (tertiary/aromatic N) is 5. The van der Waals surface area contributed by atoms with Crippen LogP contribution in [0.4, 0.5) is 16.4 Å². The van der Waals surface area contributed by atoms with Crippen LogP contribution in [0.5, 0.6) is 0 Å². The van der Waals surface area contributed by atoms with Crippen molar-refractivity contribution < 1.29 is 13.9 Å². The van der Waals surface area contributed by atoms with Crippen LogP contribution in [-0.4, -0.2) is 31.1 Å². The largest absolute Gasteiger partial charge is 0.463 e. The number of carbonyl (C=O) groups is 1. The normalized spacial score (nSPS) is 11.0. The van der Waals surface area contributed by atoms with E-state index in [1.165, 1.54) is 11.3 Å². The molecule has 3 N–H and O–H groups in total. The van der Waals surface area contributed by atoms with Crippen molar-refractivity contribution >= 4 is 40.1 Å². The van der Waals surface area contributed by atoms with Gasteiger partial charge in [0.25, 0.3) is 0 Å². The molecule has 0 aliphatic carbocycles. The topological polar surface area (TPSA) is 134 Å². The molecule has 31 heavy (non-hydrogen) atoms. The number of rotatable bonds is 5. The molecule has 0 saturated heterocycles. The Bertz CT molecular complexity index is 1350. The summed E-state index contributed by atoms with van der Waals surface area (Å²) in [4.78, 5) is 20.4. The van der Waals surface area contributed by atoms with Gasteiger partial charge < -0.3 is 14.9 Å². The molecule has 0 radical (unpaired) electrons. The van der Waals surface area contributed by atoms with Gasteiger partial charge in [-0.1, -0.05) is 11.3 Å². The van der Waals surface area contributed by atoms with Gasteiger partial charge in [-0.25, -0.2) is 9.78 Å². The van der Waals surface area contributed by atoms with Crippen LogP contribution in [-0.2, 0) is 11.3 Å². The number of thiophene rings is 1. The van der Waals surface area contributed by atoms with Gasteiger partial charge in [-0.2, -0.15) is 21.0 Å². The predicted molar refractivity (Wildman–Crippen MR) is 115 cm³/mol. The molecule has 0 spiro atoms. The molecule has 10 nitrogen and oxygen atoms in total. The summed E-state index contributed by atoms with van der Waals surface area (Å²) in [5.41, 5.74) is 9.23. The fourth-order valence-corrected chi connectivity index (χ4v) is 3.57. The summed E-state index contributed by atoms with van der Waals surface area (Å²) in [7, 11) is 0. The van der Waals surface area contributed by atoms with Gasteiger partial charge in [-0.15, -0.1) is 5.10 Å². The van der Waals surface area contributed by atoms with E-state index < -0.39 is 6.09 Å². The highest BCUT2D eigenvalue weighted by Gasteiger charge is 2.13. The molecule has 4 aromatic heterocycles. The first-order valence-corrected chi connectivity index (χ1v) is 10.1. The lowest BCUT2D eigenvalue weighted by Gasteiger charge is -2.07. The number of benzene rings is 1. The van der Waals surface area contributed by atoms with Crippen molar-refractivity contribution in [1.29, 1.82) is 0 Å². The molecule has 1 amide bonds. The third-order valence-corrected chi connectivity index (χ3v) is 5.05. The van der Waals surface area contributed by atoms with Gasteiger partial charge >= 0.3 is 6.09 Å². The van der Waals surface area contributed by atoms with E-state index >= 15 is 0 Å². The maximum atomic E-state index is 11.9. The van der Waals surface area contributed by atoms with Crippen LogP contribution in [0.2, 0.25) is 0 Å². The monoisotopic (exact) mass is 433 g/mol. The Balaban J connectivity index is 1.37. The Kier molecular flexibility index (Phi) is 4.77. The summed E-state index contributed by atoms with van der Waals surface area (Å²) in [6, 6.07) is 12.5. The minimum Gasteiger partial charge on any atom is -0.463 e. The number of nitrogens with one attached hydrogen (secondary N) is 1. The molecule has 0 fully saturated rings. The van der Waals surface area contributed by atoms with Gasteiger partial charge in [0.05, 0.1) is 17.5 Å². The fourth-order valence-electron chi connectivity index (χ4n) is 2.98. The van der Waals surface area contributed by atoms with Crippen molar-refractivity contribution in [3.05, 3.63) is 65.1 Å². The van der Waals surface area contributed by atoms with Crippen molar-refractivity contribution in [2.45, 2.75) is 6.61 Å². The molecule has 0 aliphatic heterocycles. The van der Waals surface area contributed by atoms with Crippen molar-refractivity contribution in [3.63, 3.8) is 0 Å². The molecule has 0 saturated carbocycles. The predicted octanol–water partition coefficient (Wildman–Crippen LogP) is 3.86. The molecule has 0 unspecified atom stereocenters. The lowest BCUT2D eigenvalue weighted by Crippen LogP contribution is -2.12. The van der Waals surface area contributed by atoms with Crippen LogP contribution < -0.4 is 11.1 Å². The molecule has 154 valence electrons. The second-order valence-electron chi connectivity index (χ2n) is 6.48. The molecule has 0 aliphatic rings. The highest BCUT2D eigenvalue weighted by molar-refractivity contribution is 7.08. The number of hydrogen-bond donors (Lipinski definition) is 2. The summed E-state index contributed by atoms with van der Waals surface area (Å²) in [6.07, 6.45) is 1.03. The number of carbonyl (C=O) groups excluding carboxylic acids is 1. The second-order valence-corrected chi connectivity index (χ2v) is 7.26. The molecular formula is C20H15N7O3S. The number of furan rings is 1. The zero-order chi connectivity index (χ0) is 21.2. The van der Waals surface area contributed by atoms with E-state index in [-0.39, 0.29) is 12.6 Å². The van der Waals surface area contributed by atoms with Gasteiger partial charge in [-0.05, 0) is 41.3 Å². The number of nitrogen functional groups attached to an aromatic ring is 1. The SMILES string of the molecule is Nc1nc(-c2ccco2)cc(-n2nnc3cc(COC(=O)Nc4ccsc4)ccc32)n1. The van der Waals surface area contributed by atoms with Crippen LogP contribution >= 0.6 is 11.3 Å². The first-order valence-electron chi connectivity index (χ1n) is 9.15. The number of nitrogens with two attached hydrogens (primary N) is 1. The minimum absolute atomic E-state index is 0.0919. The zero-order valence-electron chi connectivity index (χ0n) is 15.9. The van der Waals surface area contributed by atoms with E-state index in [2.05, 4.69) is 25.6 Å². The van der Waals surface area contributed by atoms with Crippen LogP contribution in [0, 0.1) is 0 Å². The van der Waals surface area contributed by atoms with Gasteiger partial charge in [0.2, 0.25) is 5.95 Å². The summed E-state index contributed by atoms with van der Waals surface area (Å²) in [5.74, 6) is 1.12. The van der Waals surface area contributed by atoms with Gasteiger partial charge in [0.1, 0.15) is 17.8 Å². The summed E-state index contributed by atoms with van der Waals surface area (Å²) >= 11 is 1.49. The number of aromatic nitrogens is 5. The first kappa shape index (κ1) is 18.8. The average Bonchev–Trinajstić information content (AvgIpc) is 3.53. The van der Waals surface area contributed by atoms with Crippen molar-refractivity contribution in [2.24, 2.45) is 0 Å². The maximum absolute atomic E-state index is 11.9. The van der Waals surface area contributed by atoms with E-state index in [9.17, 15) is 4.79 Å². The highest BCUT2D eigenvalue weighted by atomic mass is 32.1. The molecule has 5 aromatic rings. The third-order valence-electron chi connectivity index (χ3n) is 4.37. The van der Waals surface area contributed by atoms with Gasteiger partial charge in [0, 0.05) is 11.4 Å². The maximum Gasteiger partial charge on any atom is 0.411 e. The molecular weight excluding hydrogens is 418 g/mol. The average molecular weight is 433 g/mol. The Morgan fingerprint density at radius 2 is 2.16 bits per heavy atom. The Morgan fingerprint density at radius 1 is 1.23 bits per heavy atom. The highest BCUT2D eigenvalue weighted by Crippen LogP contribution is 2.23. The Labute approximate surface area is 179 Å². The molecule has 1 aromatic carbocycles. The van der Waals surface area contributed by atoms with E-state index in [1.807, 2.05) is 22.9 Å². The van der Waals surface area contributed by atoms with Crippen LogP contribution in [0.1, 0.15) is 5.56 Å². The van der Waals surface area contributed by atoms with Gasteiger partial charge in [-0.3, -0.25) is 5.32 Å². The van der Waals surface area contributed by atoms with E-state index in [0.29, 0.717) is 28.5 Å². The van der Waals surface area contributed by atoms with Crippen molar-refractivity contribution in [3.8, 4) is 17.3 Å². The van der Waals surface area contributed by atoms with Crippen molar-refractivity contribution in [2.75, 3.05) is 11.1 Å². The summed E-state index contributed by atoms with van der Waals surface area (Å²) in [6.45, 7) is 0.0991. The van der Waals surface area contributed by atoms with Gasteiger partial charge in [0.15, 0.2) is 11.6 Å². The molecule has 4 heterocycles. The number of amides is 1. The standard InChI is InChI=1S/C20H15N7O3S/c21-19-23-15(17-2-1-6-29-17)9-18(24-19)27-16-4-3-12(8-14(16)25-26-27)10-30-20(28)22-13-5-7-31-11-13/h1-9,11H,10H2,(H,22,28)(H2,21,23,24). The van der Waals surface area contributed by atoms with E-state index in [0.717, 1.165) is 11.1 Å². The summed E-state index contributed by atoms with van der Waals surface area (Å²) in [5, 5.41) is 14.7. The van der Waals surface area contributed by atoms with E-state index in [1.54, 1.807) is 41.3 Å². The Morgan fingerprint density at radius 3 is 2.97 bits per heavy atom. The number of hydrogen-bond acceptors (Lipinski definition) is 9. The fraction of sp³-hybridized carbons (Fsp3) is 0.0500. The van der Waals surface area contributed by atoms with Crippen LogP contribution in [0.15, 0.2) is 63.9 Å². The lowest BCUT2D eigenvalue weighted by molar-refractivity contribution is 0.155. The lowest BCUT2D eigenvalue weighted by atomic mass is 10.2. The molecule has 0 bridgehead atoms. The third kappa shape index (κ3) is 3.94.